The maximum Gasteiger partial charge on any atom is 0.325 e. The molecule has 20 heavy (non-hydrogen) atoms. The SMILES string of the molecule is COc1ccc(C(C(=O)O)N2CCOCC2)c(OC)n1. The molecule has 1 fully saturated rings. The van der Waals surface area contributed by atoms with Crippen LogP contribution in [0.2, 0.25) is 0 Å². The van der Waals surface area contributed by atoms with Crippen molar-refractivity contribution in [1.82, 2.24) is 9.88 Å². The van der Waals surface area contributed by atoms with Crippen LogP contribution in [0.5, 0.6) is 11.8 Å². The average molecular weight is 282 g/mol. The molecule has 0 amide bonds. The number of hydrogen-bond acceptors (Lipinski definition) is 6. The van der Waals surface area contributed by atoms with Gasteiger partial charge in [0.1, 0.15) is 6.04 Å². The fourth-order valence-corrected chi connectivity index (χ4v) is 2.24. The van der Waals surface area contributed by atoms with Gasteiger partial charge in [0.15, 0.2) is 0 Å². The van der Waals surface area contributed by atoms with Gasteiger partial charge in [-0.3, -0.25) is 9.69 Å². The number of hydrogen-bond donors (Lipinski definition) is 1. The zero-order chi connectivity index (χ0) is 14.5. The summed E-state index contributed by atoms with van der Waals surface area (Å²) in [6, 6.07) is 2.51. The minimum absolute atomic E-state index is 0.267. The predicted molar refractivity (Wildman–Crippen MR) is 70.1 cm³/mol. The summed E-state index contributed by atoms with van der Waals surface area (Å²) in [5, 5.41) is 9.53. The average Bonchev–Trinajstić information content (AvgIpc) is 2.48. The third kappa shape index (κ3) is 3.00. The lowest BCUT2D eigenvalue weighted by Crippen LogP contribution is -2.42. The molecule has 110 valence electrons. The van der Waals surface area contributed by atoms with Gasteiger partial charge < -0.3 is 19.3 Å². The van der Waals surface area contributed by atoms with Crippen LogP contribution < -0.4 is 9.47 Å². The molecule has 0 bridgehead atoms. The van der Waals surface area contributed by atoms with E-state index < -0.39 is 12.0 Å². The first kappa shape index (κ1) is 14.5. The number of carbonyl (C=O) groups is 1. The summed E-state index contributed by atoms with van der Waals surface area (Å²) < 4.78 is 15.5. The van der Waals surface area contributed by atoms with Gasteiger partial charge in [-0.25, -0.2) is 0 Å². The van der Waals surface area contributed by atoms with Crippen molar-refractivity contribution in [3.63, 3.8) is 0 Å². The first-order valence-electron chi connectivity index (χ1n) is 6.31. The molecule has 0 aromatic carbocycles. The van der Waals surface area contributed by atoms with E-state index in [1.165, 1.54) is 14.2 Å². The van der Waals surface area contributed by atoms with Crippen molar-refractivity contribution in [2.24, 2.45) is 0 Å². The molecule has 7 nitrogen and oxygen atoms in total. The number of carboxylic acids is 1. The Kier molecular flexibility index (Phi) is 4.75. The van der Waals surface area contributed by atoms with Crippen molar-refractivity contribution in [2.75, 3.05) is 40.5 Å². The summed E-state index contributed by atoms with van der Waals surface area (Å²) in [5.74, 6) is -0.280. The second kappa shape index (κ2) is 6.53. The Morgan fingerprint density at radius 3 is 2.60 bits per heavy atom. The number of rotatable bonds is 5. The smallest absolute Gasteiger partial charge is 0.325 e. The second-order valence-corrected chi connectivity index (χ2v) is 4.34. The first-order valence-corrected chi connectivity index (χ1v) is 6.31. The fraction of sp³-hybridized carbons (Fsp3) is 0.538. The molecule has 2 heterocycles. The summed E-state index contributed by atoms with van der Waals surface area (Å²) in [4.78, 5) is 17.6. The van der Waals surface area contributed by atoms with Gasteiger partial charge in [-0.15, -0.1) is 0 Å². The number of aliphatic carboxylic acids is 1. The summed E-state index contributed by atoms with van der Waals surface area (Å²) in [7, 11) is 2.96. The molecule has 1 atom stereocenters. The fourth-order valence-electron chi connectivity index (χ4n) is 2.24. The van der Waals surface area contributed by atoms with Crippen molar-refractivity contribution in [3.05, 3.63) is 17.7 Å². The van der Waals surface area contributed by atoms with E-state index in [9.17, 15) is 9.90 Å². The number of ether oxygens (including phenoxy) is 3. The van der Waals surface area contributed by atoms with Crippen LogP contribution in [0.15, 0.2) is 12.1 Å². The minimum atomic E-state index is -0.933. The molecule has 0 saturated carbocycles. The highest BCUT2D eigenvalue weighted by Gasteiger charge is 2.31. The van der Waals surface area contributed by atoms with Gasteiger partial charge in [0.2, 0.25) is 11.8 Å². The quantitative estimate of drug-likeness (QED) is 0.844. The molecular weight excluding hydrogens is 264 g/mol. The van der Waals surface area contributed by atoms with Gasteiger partial charge in [-0.2, -0.15) is 4.98 Å². The van der Waals surface area contributed by atoms with Crippen molar-refractivity contribution in [3.8, 4) is 11.8 Å². The molecule has 0 spiro atoms. The molecule has 0 radical (unpaired) electrons. The molecule has 1 aromatic rings. The van der Waals surface area contributed by atoms with Crippen LogP contribution in [0.25, 0.3) is 0 Å². The molecule has 7 heteroatoms. The Bertz CT molecular complexity index is 474. The van der Waals surface area contributed by atoms with Crippen molar-refractivity contribution in [1.29, 1.82) is 0 Å². The third-order valence-corrected chi connectivity index (χ3v) is 3.21. The molecule has 0 aliphatic carbocycles. The Hall–Kier alpha value is -1.86. The number of pyridine rings is 1. The second-order valence-electron chi connectivity index (χ2n) is 4.34. The van der Waals surface area contributed by atoms with E-state index in [0.717, 1.165) is 0 Å². The van der Waals surface area contributed by atoms with E-state index >= 15 is 0 Å². The van der Waals surface area contributed by atoms with Crippen LogP contribution in [-0.2, 0) is 9.53 Å². The van der Waals surface area contributed by atoms with Gasteiger partial charge in [-0.05, 0) is 6.07 Å². The lowest BCUT2D eigenvalue weighted by Gasteiger charge is -2.32. The van der Waals surface area contributed by atoms with Crippen LogP contribution in [0.1, 0.15) is 11.6 Å². The number of carboxylic acid groups (broad SMARTS) is 1. The molecule has 1 N–H and O–H groups in total. The van der Waals surface area contributed by atoms with E-state index in [4.69, 9.17) is 14.2 Å². The lowest BCUT2D eigenvalue weighted by molar-refractivity contribution is -0.145. The highest BCUT2D eigenvalue weighted by molar-refractivity contribution is 5.76. The number of methoxy groups -OCH3 is 2. The normalized spacial score (nSPS) is 17.5. The highest BCUT2D eigenvalue weighted by atomic mass is 16.5. The number of nitrogens with zero attached hydrogens (tertiary/aromatic N) is 2. The van der Waals surface area contributed by atoms with Gasteiger partial charge in [0, 0.05) is 24.7 Å². The van der Waals surface area contributed by atoms with E-state index in [0.29, 0.717) is 37.7 Å². The predicted octanol–water partition coefficient (Wildman–Crippen LogP) is 0.557. The van der Waals surface area contributed by atoms with E-state index in [2.05, 4.69) is 4.98 Å². The Morgan fingerprint density at radius 2 is 2.05 bits per heavy atom. The minimum Gasteiger partial charge on any atom is -0.481 e. The zero-order valence-corrected chi connectivity index (χ0v) is 11.5. The summed E-state index contributed by atoms with van der Waals surface area (Å²) >= 11 is 0. The van der Waals surface area contributed by atoms with Crippen molar-refractivity contribution in [2.45, 2.75) is 6.04 Å². The first-order chi connectivity index (χ1) is 9.67. The number of morpholine rings is 1. The Balaban J connectivity index is 2.35. The molecule has 1 aliphatic rings. The van der Waals surface area contributed by atoms with Gasteiger partial charge in [0.25, 0.3) is 0 Å². The van der Waals surface area contributed by atoms with E-state index in [1.807, 2.05) is 4.90 Å². The van der Waals surface area contributed by atoms with E-state index in [-0.39, 0.29) is 5.88 Å². The van der Waals surface area contributed by atoms with Crippen LogP contribution in [0, 0.1) is 0 Å². The van der Waals surface area contributed by atoms with Crippen LogP contribution >= 0.6 is 0 Å². The maximum absolute atomic E-state index is 11.6. The van der Waals surface area contributed by atoms with Crippen LogP contribution in [-0.4, -0.2) is 61.5 Å². The summed E-state index contributed by atoms with van der Waals surface area (Å²) in [6.45, 7) is 2.17. The topological polar surface area (TPSA) is 81.1 Å². The lowest BCUT2D eigenvalue weighted by atomic mass is 10.1. The molecular formula is C13H18N2O5. The highest BCUT2D eigenvalue weighted by Crippen LogP contribution is 2.30. The third-order valence-electron chi connectivity index (χ3n) is 3.21. The standard InChI is InChI=1S/C13H18N2O5/c1-18-10-4-3-9(12(14-10)19-2)11(13(16)17)15-5-7-20-8-6-15/h3-4,11H,5-8H2,1-2H3,(H,16,17). The Morgan fingerprint density at radius 1 is 1.35 bits per heavy atom. The molecule has 1 aromatic heterocycles. The molecule has 1 unspecified atom stereocenters. The monoisotopic (exact) mass is 282 g/mol. The van der Waals surface area contributed by atoms with Crippen LogP contribution in [0.3, 0.4) is 0 Å². The van der Waals surface area contributed by atoms with E-state index in [1.54, 1.807) is 12.1 Å². The number of aromatic nitrogens is 1. The maximum atomic E-state index is 11.6. The van der Waals surface area contributed by atoms with Gasteiger partial charge in [0.05, 0.1) is 27.4 Å². The van der Waals surface area contributed by atoms with Gasteiger partial charge in [-0.1, -0.05) is 0 Å². The molecule has 2 rings (SSSR count). The van der Waals surface area contributed by atoms with Crippen LogP contribution in [0.4, 0.5) is 0 Å². The summed E-state index contributed by atoms with van der Waals surface area (Å²) in [6.07, 6.45) is 0. The molecule has 1 saturated heterocycles. The van der Waals surface area contributed by atoms with Crippen molar-refractivity contribution < 1.29 is 24.1 Å². The van der Waals surface area contributed by atoms with Crippen molar-refractivity contribution >= 4 is 5.97 Å². The molecule has 1 aliphatic heterocycles. The summed E-state index contributed by atoms with van der Waals surface area (Å²) in [5.41, 5.74) is 0.516. The zero-order valence-electron chi connectivity index (χ0n) is 11.5. The Labute approximate surface area is 117 Å². The van der Waals surface area contributed by atoms with Gasteiger partial charge >= 0.3 is 5.97 Å². The largest absolute Gasteiger partial charge is 0.481 e.